The molecule has 0 spiro atoms. The number of nitrogens with zero attached hydrogens (tertiary/aromatic N) is 4. The van der Waals surface area contributed by atoms with Crippen LogP contribution in [0.5, 0.6) is 0 Å². The van der Waals surface area contributed by atoms with E-state index >= 15 is 0 Å². The standard InChI is InChI=1S/C20H19N5O3S/c1-14-13-29-20(28)23(14)10-8-18(26)21-16-6-4-5-15(11-16)12-25-19(27)24-9-3-2-7-17(24)22-25/h2-7,9,11,13H,8,10,12H2,1H3,(H,21,26). The van der Waals surface area contributed by atoms with Gasteiger partial charge in [-0.2, -0.15) is 0 Å². The number of amides is 1. The summed E-state index contributed by atoms with van der Waals surface area (Å²) in [4.78, 5) is 36.4. The number of nitrogens with one attached hydrogen (secondary N) is 1. The lowest BCUT2D eigenvalue weighted by atomic mass is 10.2. The van der Waals surface area contributed by atoms with Crippen LogP contribution in [-0.4, -0.2) is 24.7 Å². The van der Waals surface area contributed by atoms with Gasteiger partial charge in [-0.25, -0.2) is 9.48 Å². The third-order valence-electron chi connectivity index (χ3n) is 4.57. The maximum atomic E-state index is 12.4. The molecule has 0 unspecified atom stereocenters. The van der Waals surface area contributed by atoms with Gasteiger partial charge in [0, 0.05) is 35.9 Å². The number of benzene rings is 1. The first-order valence-corrected chi connectivity index (χ1v) is 9.97. The van der Waals surface area contributed by atoms with E-state index in [0.717, 1.165) is 22.6 Å². The molecule has 1 aromatic carbocycles. The van der Waals surface area contributed by atoms with Crippen LogP contribution in [0.1, 0.15) is 17.7 Å². The molecule has 0 fully saturated rings. The van der Waals surface area contributed by atoms with Gasteiger partial charge in [0.1, 0.15) is 0 Å². The molecule has 0 radical (unpaired) electrons. The van der Waals surface area contributed by atoms with Gasteiger partial charge in [-0.15, -0.1) is 5.10 Å². The van der Waals surface area contributed by atoms with Gasteiger partial charge in [-0.1, -0.05) is 29.5 Å². The Morgan fingerprint density at radius 1 is 1.17 bits per heavy atom. The molecule has 4 aromatic rings. The van der Waals surface area contributed by atoms with Crippen LogP contribution in [0.25, 0.3) is 5.65 Å². The highest BCUT2D eigenvalue weighted by molar-refractivity contribution is 7.07. The molecule has 0 aliphatic heterocycles. The van der Waals surface area contributed by atoms with E-state index in [9.17, 15) is 14.4 Å². The number of aryl methyl sites for hydroxylation is 1. The zero-order chi connectivity index (χ0) is 20.4. The molecule has 29 heavy (non-hydrogen) atoms. The predicted molar refractivity (Wildman–Crippen MR) is 112 cm³/mol. The number of hydrogen-bond acceptors (Lipinski definition) is 5. The van der Waals surface area contributed by atoms with Crippen molar-refractivity contribution in [1.29, 1.82) is 0 Å². The van der Waals surface area contributed by atoms with E-state index in [2.05, 4.69) is 10.4 Å². The van der Waals surface area contributed by atoms with Crippen LogP contribution < -0.4 is 15.9 Å². The average Bonchev–Trinajstić information content (AvgIpc) is 3.20. The van der Waals surface area contributed by atoms with Crippen LogP contribution in [0.3, 0.4) is 0 Å². The molecule has 0 bridgehead atoms. The number of pyridine rings is 1. The third-order valence-corrected chi connectivity index (χ3v) is 5.45. The molecule has 8 nitrogen and oxygen atoms in total. The molecular weight excluding hydrogens is 390 g/mol. The summed E-state index contributed by atoms with van der Waals surface area (Å²) in [6, 6.07) is 12.7. The summed E-state index contributed by atoms with van der Waals surface area (Å²) in [5, 5.41) is 8.95. The molecule has 1 amide bonds. The Morgan fingerprint density at radius 3 is 2.79 bits per heavy atom. The highest BCUT2D eigenvalue weighted by Gasteiger charge is 2.09. The normalized spacial score (nSPS) is 11.1. The third kappa shape index (κ3) is 4.04. The quantitative estimate of drug-likeness (QED) is 0.528. The number of anilines is 1. The average molecular weight is 409 g/mol. The second kappa shape index (κ2) is 7.88. The Hall–Kier alpha value is -3.46. The van der Waals surface area contributed by atoms with Gasteiger partial charge in [0.2, 0.25) is 5.91 Å². The first-order chi connectivity index (χ1) is 14.0. The summed E-state index contributed by atoms with van der Waals surface area (Å²) in [5.41, 5.74) is 2.71. The van der Waals surface area contributed by atoms with Crippen molar-refractivity contribution < 1.29 is 4.79 Å². The van der Waals surface area contributed by atoms with Gasteiger partial charge in [-0.05, 0) is 36.8 Å². The zero-order valence-corrected chi connectivity index (χ0v) is 16.6. The predicted octanol–water partition coefficient (Wildman–Crippen LogP) is 2.10. The van der Waals surface area contributed by atoms with Gasteiger partial charge in [-0.3, -0.25) is 14.0 Å². The number of fused-ring (bicyclic) bond motifs is 1. The molecule has 4 rings (SSSR count). The molecule has 9 heteroatoms. The molecule has 0 aliphatic carbocycles. The van der Waals surface area contributed by atoms with Crippen LogP contribution in [0.2, 0.25) is 0 Å². The maximum absolute atomic E-state index is 12.4. The minimum atomic E-state index is -0.216. The SMILES string of the molecule is Cc1csc(=O)n1CCC(=O)Nc1cccc(Cn2nc3ccccn3c2=O)c1. The topological polar surface area (TPSA) is 90.4 Å². The Balaban J connectivity index is 1.44. The Kier molecular flexibility index (Phi) is 5.13. The second-order valence-corrected chi connectivity index (χ2v) is 7.48. The fourth-order valence-corrected chi connectivity index (χ4v) is 3.86. The van der Waals surface area contributed by atoms with Crippen molar-refractivity contribution in [2.45, 2.75) is 26.4 Å². The lowest BCUT2D eigenvalue weighted by Crippen LogP contribution is -2.22. The van der Waals surface area contributed by atoms with Gasteiger partial charge in [0.25, 0.3) is 0 Å². The van der Waals surface area contributed by atoms with E-state index < -0.39 is 0 Å². The molecule has 3 aromatic heterocycles. The summed E-state index contributed by atoms with van der Waals surface area (Å²) in [5.74, 6) is -0.176. The Morgan fingerprint density at radius 2 is 2.03 bits per heavy atom. The van der Waals surface area contributed by atoms with E-state index in [1.807, 2.05) is 31.2 Å². The van der Waals surface area contributed by atoms with E-state index in [4.69, 9.17) is 0 Å². The summed E-state index contributed by atoms with van der Waals surface area (Å²) in [6.45, 7) is 2.49. The summed E-state index contributed by atoms with van der Waals surface area (Å²) >= 11 is 1.13. The van der Waals surface area contributed by atoms with Crippen LogP contribution >= 0.6 is 11.3 Å². The number of carbonyl (C=O) groups excluding carboxylic acids is 1. The van der Waals surface area contributed by atoms with Crippen molar-refractivity contribution in [3.05, 3.63) is 85.5 Å². The van der Waals surface area contributed by atoms with E-state index in [0.29, 0.717) is 24.4 Å². The Labute approximate surface area is 169 Å². The highest BCUT2D eigenvalue weighted by atomic mass is 32.1. The van der Waals surface area contributed by atoms with Crippen LogP contribution in [-0.2, 0) is 17.9 Å². The zero-order valence-electron chi connectivity index (χ0n) is 15.7. The van der Waals surface area contributed by atoms with Gasteiger partial charge < -0.3 is 9.88 Å². The molecular formula is C20H19N5O3S. The fraction of sp³-hybridized carbons (Fsp3) is 0.200. The molecule has 148 valence electrons. The molecule has 3 heterocycles. The van der Waals surface area contributed by atoms with Crippen molar-refractivity contribution in [3.63, 3.8) is 0 Å². The van der Waals surface area contributed by atoms with Gasteiger partial charge in [0.05, 0.1) is 6.54 Å². The van der Waals surface area contributed by atoms with Crippen molar-refractivity contribution in [3.8, 4) is 0 Å². The van der Waals surface area contributed by atoms with Crippen molar-refractivity contribution in [1.82, 2.24) is 18.7 Å². The van der Waals surface area contributed by atoms with Crippen molar-refractivity contribution >= 4 is 28.6 Å². The van der Waals surface area contributed by atoms with E-state index in [1.165, 1.54) is 9.08 Å². The second-order valence-electron chi connectivity index (χ2n) is 6.66. The number of hydrogen-bond donors (Lipinski definition) is 1. The Bertz CT molecular complexity index is 1300. The highest BCUT2D eigenvalue weighted by Crippen LogP contribution is 2.12. The maximum Gasteiger partial charge on any atom is 0.350 e. The molecule has 0 aliphatic rings. The lowest BCUT2D eigenvalue weighted by molar-refractivity contribution is -0.116. The first kappa shape index (κ1) is 18.9. The van der Waals surface area contributed by atoms with E-state index in [-0.39, 0.29) is 22.9 Å². The number of carbonyl (C=O) groups is 1. The monoisotopic (exact) mass is 409 g/mol. The van der Waals surface area contributed by atoms with Gasteiger partial charge >= 0.3 is 10.6 Å². The van der Waals surface area contributed by atoms with Crippen LogP contribution in [0, 0.1) is 6.92 Å². The smallest absolute Gasteiger partial charge is 0.326 e. The molecule has 0 saturated heterocycles. The summed E-state index contributed by atoms with van der Waals surface area (Å²) in [7, 11) is 0. The first-order valence-electron chi connectivity index (χ1n) is 9.09. The number of aromatic nitrogens is 4. The minimum Gasteiger partial charge on any atom is -0.326 e. The minimum absolute atomic E-state index is 0.0600. The van der Waals surface area contributed by atoms with Gasteiger partial charge in [0.15, 0.2) is 5.65 Å². The molecule has 0 atom stereocenters. The fourth-order valence-electron chi connectivity index (χ4n) is 3.10. The van der Waals surface area contributed by atoms with E-state index in [1.54, 1.807) is 34.3 Å². The summed E-state index contributed by atoms with van der Waals surface area (Å²) in [6.07, 6.45) is 1.88. The lowest BCUT2D eigenvalue weighted by Gasteiger charge is -2.08. The number of rotatable bonds is 6. The molecule has 1 N–H and O–H groups in total. The largest absolute Gasteiger partial charge is 0.350 e. The van der Waals surface area contributed by atoms with Crippen LogP contribution in [0.15, 0.2) is 63.6 Å². The number of thiazole rings is 1. The van der Waals surface area contributed by atoms with Crippen molar-refractivity contribution in [2.24, 2.45) is 0 Å². The van der Waals surface area contributed by atoms with Crippen molar-refractivity contribution in [2.75, 3.05) is 5.32 Å². The molecule has 0 saturated carbocycles. The summed E-state index contributed by atoms with van der Waals surface area (Å²) < 4.78 is 4.47. The van der Waals surface area contributed by atoms with Crippen LogP contribution in [0.4, 0.5) is 5.69 Å².